The normalized spacial score (nSPS) is 11.3. The number of aliphatic hydroxyl groups excluding tert-OH is 1. The van der Waals surface area contributed by atoms with Gasteiger partial charge in [0, 0.05) is 25.0 Å². The van der Waals surface area contributed by atoms with Gasteiger partial charge in [-0.25, -0.2) is 4.79 Å². The summed E-state index contributed by atoms with van der Waals surface area (Å²) in [6.07, 6.45) is -1.07. The largest absolute Gasteiger partial charge is 0.449 e. The summed E-state index contributed by atoms with van der Waals surface area (Å²) in [7, 11) is 1.47. The lowest BCUT2D eigenvalue weighted by atomic mass is 10.1. The van der Waals surface area contributed by atoms with Gasteiger partial charge in [0.25, 0.3) is 5.91 Å². The lowest BCUT2D eigenvalue weighted by Gasteiger charge is -2.21. The van der Waals surface area contributed by atoms with Gasteiger partial charge in [-0.2, -0.15) is 0 Å². The van der Waals surface area contributed by atoms with E-state index in [0.29, 0.717) is 11.4 Å². The Labute approximate surface area is 175 Å². The summed E-state index contributed by atoms with van der Waals surface area (Å²) in [6.45, 7) is 3.41. The molecule has 8 nitrogen and oxygen atoms in total. The van der Waals surface area contributed by atoms with Crippen molar-refractivity contribution in [2.75, 3.05) is 37.4 Å². The van der Waals surface area contributed by atoms with E-state index in [1.54, 1.807) is 36.4 Å². The van der Waals surface area contributed by atoms with Crippen LogP contribution in [0.5, 0.6) is 0 Å². The summed E-state index contributed by atoms with van der Waals surface area (Å²) >= 11 is 0. The molecule has 0 unspecified atom stereocenters. The number of ether oxygens (including phenoxy) is 1. The fraction of sp³-hybridized carbons (Fsp3) is 0.318. The van der Waals surface area contributed by atoms with E-state index in [2.05, 4.69) is 10.6 Å². The van der Waals surface area contributed by atoms with Gasteiger partial charge in [-0.1, -0.05) is 29.8 Å². The maximum atomic E-state index is 12.5. The number of carbonyl (C=O) groups is 3. The highest BCUT2D eigenvalue weighted by atomic mass is 16.5. The van der Waals surface area contributed by atoms with Crippen LogP contribution in [0, 0.1) is 6.92 Å². The van der Waals surface area contributed by atoms with E-state index in [0.717, 1.165) is 5.56 Å². The van der Waals surface area contributed by atoms with Crippen LogP contribution >= 0.6 is 0 Å². The van der Waals surface area contributed by atoms with E-state index in [1.807, 2.05) is 19.1 Å². The van der Waals surface area contributed by atoms with Gasteiger partial charge in [0.1, 0.15) is 0 Å². The smallest absolute Gasteiger partial charge is 0.341 e. The van der Waals surface area contributed by atoms with E-state index in [-0.39, 0.29) is 31.2 Å². The molecule has 0 aliphatic carbocycles. The molecule has 160 valence electrons. The van der Waals surface area contributed by atoms with Crippen molar-refractivity contribution in [2.45, 2.75) is 20.0 Å². The zero-order valence-electron chi connectivity index (χ0n) is 17.3. The SMILES string of the molecule is Cc1ccc(NC(=O)CN(C)C(=O)[C@H](C)OC(=O)c2ccccc2NCCO)cc1. The molecule has 1 atom stereocenters. The lowest BCUT2D eigenvalue weighted by Crippen LogP contribution is -2.41. The minimum absolute atomic E-state index is 0.0896. The summed E-state index contributed by atoms with van der Waals surface area (Å²) in [5.74, 6) is -1.52. The Morgan fingerprint density at radius 3 is 2.43 bits per heavy atom. The first-order valence-electron chi connectivity index (χ1n) is 9.58. The average Bonchev–Trinajstić information content (AvgIpc) is 2.73. The topological polar surface area (TPSA) is 108 Å². The van der Waals surface area contributed by atoms with Crippen molar-refractivity contribution < 1.29 is 24.2 Å². The highest BCUT2D eigenvalue weighted by Crippen LogP contribution is 2.17. The van der Waals surface area contributed by atoms with Crippen molar-refractivity contribution in [1.29, 1.82) is 0 Å². The predicted octanol–water partition coefficient (Wildman–Crippen LogP) is 2.04. The third-order valence-electron chi connectivity index (χ3n) is 4.30. The summed E-state index contributed by atoms with van der Waals surface area (Å²) in [4.78, 5) is 38.4. The first-order valence-corrected chi connectivity index (χ1v) is 9.58. The molecule has 0 aliphatic heterocycles. The number of hydrogen-bond donors (Lipinski definition) is 3. The van der Waals surface area contributed by atoms with Gasteiger partial charge < -0.3 is 25.4 Å². The Balaban J connectivity index is 1.92. The van der Waals surface area contributed by atoms with Crippen LogP contribution in [0.15, 0.2) is 48.5 Å². The summed E-state index contributed by atoms with van der Waals surface area (Å²) in [6, 6.07) is 14.0. The second-order valence-corrected chi connectivity index (χ2v) is 6.85. The molecule has 2 amide bonds. The first kappa shape index (κ1) is 22.9. The van der Waals surface area contributed by atoms with Crippen molar-refractivity contribution in [3.8, 4) is 0 Å². The van der Waals surface area contributed by atoms with Gasteiger partial charge >= 0.3 is 5.97 Å². The van der Waals surface area contributed by atoms with Gasteiger partial charge in [0.2, 0.25) is 5.91 Å². The zero-order valence-corrected chi connectivity index (χ0v) is 17.3. The number of likely N-dealkylation sites (N-methyl/N-ethyl adjacent to an activating group) is 1. The average molecular weight is 413 g/mol. The standard InChI is InChI=1S/C22H27N3O5/c1-15-8-10-17(11-9-15)24-20(27)14-25(3)21(28)16(2)30-22(29)18-6-4-5-7-19(18)23-12-13-26/h4-11,16,23,26H,12-14H2,1-3H3,(H,24,27)/t16-/m0/s1. The number of aryl methyl sites for hydroxylation is 1. The number of benzene rings is 2. The number of hydrogen-bond acceptors (Lipinski definition) is 6. The van der Waals surface area contributed by atoms with E-state index >= 15 is 0 Å². The molecule has 0 radical (unpaired) electrons. The Kier molecular flexibility index (Phi) is 8.37. The number of nitrogens with one attached hydrogen (secondary N) is 2. The minimum atomic E-state index is -1.07. The maximum Gasteiger partial charge on any atom is 0.341 e. The first-order chi connectivity index (χ1) is 14.3. The molecule has 0 aliphatic rings. The summed E-state index contributed by atoms with van der Waals surface area (Å²) < 4.78 is 5.29. The number of carbonyl (C=O) groups excluding carboxylic acids is 3. The molecule has 0 aromatic heterocycles. The molecule has 0 saturated heterocycles. The molecular formula is C22H27N3O5. The van der Waals surface area contributed by atoms with Gasteiger partial charge in [0.15, 0.2) is 6.10 Å². The fourth-order valence-electron chi connectivity index (χ4n) is 2.72. The molecule has 2 aromatic rings. The second kappa shape index (κ2) is 11.0. The van der Waals surface area contributed by atoms with E-state index < -0.39 is 18.0 Å². The van der Waals surface area contributed by atoms with Crippen molar-refractivity contribution in [1.82, 2.24) is 4.90 Å². The van der Waals surface area contributed by atoms with Crippen molar-refractivity contribution >= 4 is 29.2 Å². The minimum Gasteiger partial charge on any atom is -0.449 e. The molecule has 2 aromatic carbocycles. The van der Waals surface area contributed by atoms with Crippen molar-refractivity contribution in [3.63, 3.8) is 0 Å². The third kappa shape index (κ3) is 6.59. The molecule has 30 heavy (non-hydrogen) atoms. The third-order valence-corrected chi connectivity index (χ3v) is 4.30. The van der Waals surface area contributed by atoms with Crippen LogP contribution in [0.1, 0.15) is 22.8 Å². The molecule has 0 bridgehead atoms. The van der Waals surface area contributed by atoms with Crippen LogP contribution in [0.4, 0.5) is 11.4 Å². The molecule has 3 N–H and O–H groups in total. The summed E-state index contributed by atoms with van der Waals surface area (Å²) in [5, 5.41) is 14.6. The Morgan fingerprint density at radius 1 is 1.10 bits per heavy atom. The number of anilines is 2. The van der Waals surface area contributed by atoms with E-state index in [4.69, 9.17) is 9.84 Å². The van der Waals surface area contributed by atoms with Crippen LogP contribution in [-0.4, -0.2) is 60.6 Å². The molecule has 0 saturated carbocycles. The van der Waals surface area contributed by atoms with Crippen molar-refractivity contribution in [2.24, 2.45) is 0 Å². The zero-order chi connectivity index (χ0) is 22.1. The van der Waals surface area contributed by atoms with Gasteiger partial charge in [-0.05, 0) is 38.1 Å². The second-order valence-electron chi connectivity index (χ2n) is 6.85. The van der Waals surface area contributed by atoms with Crippen LogP contribution in [-0.2, 0) is 14.3 Å². The number of rotatable bonds is 9. The highest BCUT2D eigenvalue weighted by molar-refractivity contribution is 5.98. The lowest BCUT2D eigenvalue weighted by molar-refractivity contribution is -0.140. The number of nitrogens with zero attached hydrogens (tertiary/aromatic N) is 1. The quantitative estimate of drug-likeness (QED) is 0.543. The predicted molar refractivity (Wildman–Crippen MR) is 114 cm³/mol. The maximum absolute atomic E-state index is 12.5. The van der Waals surface area contributed by atoms with E-state index in [1.165, 1.54) is 18.9 Å². The fourth-order valence-corrected chi connectivity index (χ4v) is 2.72. The van der Waals surface area contributed by atoms with Crippen molar-refractivity contribution in [3.05, 3.63) is 59.7 Å². The Bertz CT molecular complexity index is 883. The van der Waals surface area contributed by atoms with Gasteiger partial charge in [0.05, 0.1) is 18.7 Å². The van der Waals surface area contributed by atoms with Crippen LogP contribution in [0.3, 0.4) is 0 Å². The molecule has 2 rings (SSSR count). The number of amides is 2. The van der Waals surface area contributed by atoms with Crippen LogP contribution in [0.25, 0.3) is 0 Å². The number of para-hydroxylation sites is 1. The number of esters is 1. The summed E-state index contributed by atoms with van der Waals surface area (Å²) in [5.41, 5.74) is 2.47. The van der Waals surface area contributed by atoms with Gasteiger partial charge in [-0.3, -0.25) is 9.59 Å². The molecule has 0 spiro atoms. The molecule has 0 heterocycles. The Hall–Kier alpha value is -3.39. The van der Waals surface area contributed by atoms with E-state index in [9.17, 15) is 14.4 Å². The van der Waals surface area contributed by atoms with Crippen LogP contribution in [0.2, 0.25) is 0 Å². The highest BCUT2D eigenvalue weighted by Gasteiger charge is 2.24. The molecular weight excluding hydrogens is 386 g/mol. The number of aliphatic hydroxyl groups is 1. The van der Waals surface area contributed by atoms with Crippen LogP contribution < -0.4 is 10.6 Å². The molecule has 8 heteroatoms. The molecule has 0 fully saturated rings. The Morgan fingerprint density at radius 2 is 1.77 bits per heavy atom. The monoisotopic (exact) mass is 413 g/mol. The van der Waals surface area contributed by atoms with Gasteiger partial charge in [-0.15, -0.1) is 0 Å².